The van der Waals surface area contributed by atoms with E-state index < -0.39 is 71.6 Å². The number of carboxylic acid groups (broad SMARTS) is 12. The van der Waals surface area contributed by atoms with Crippen LogP contribution in [0.15, 0.2) is 0 Å². The van der Waals surface area contributed by atoms with Gasteiger partial charge in [0, 0.05) is 210 Å². The molecule has 0 aromatic heterocycles. The fourth-order valence-corrected chi connectivity index (χ4v) is 8.91. The van der Waals surface area contributed by atoms with Crippen molar-refractivity contribution in [1.82, 2.24) is 58.8 Å². The second kappa shape index (κ2) is 56.8. The molecule has 2 radical (unpaired) electrons. The topological polar surface area (TPSA) is 492 Å². The van der Waals surface area contributed by atoms with Crippen molar-refractivity contribution in [3.05, 3.63) is 0 Å². The van der Waals surface area contributed by atoms with Crippen LogP contribution in [-0.2, 0) is 57.5 Å². The number of hydrogen-bond acceptors (Lipinski definition) is 26. The molecule has 498 valence electrons. The van der Waals surface area contributed by atoms with Crippen molar-refractivity contribution < 1.29 is 239 Å². The third-order valence-corrected chi connectivity index (χ3v) is 13.1. The summed E-state index contributed by atoms with van der Waals surface area (Å²) in [4.78, 5) is 152. The smallest absolute Gasteiger partial charge is 0.549 e. The average molecular weight is 1760 g/mol. The first kappa shape index (κ1) is 97.3. The Bertz CT molecular complexity index is 1600. The molecule has 0 unspecified atom stereocenters. The molecule has 0 atom stereocenters. The summed E-state index contributed by atoms with van der Waals surface area (Å²) in [5.41, 5.74) is 0. The summed E-state index contributed by atoms with van der Waals surface area (Å²) in [6.45, 7) is 3.88. The van der Waals surface area contributed by atoms with Crippen LogP contribution in [0.25, 0.3) is 0 Å². The van der Waals surface area contributed by atoms with Crippen molar-refractivity contribution >= 4 is 147 Å². The number of carboxylic acids is 12. The van der Waals surface area contributed by atoms with E-state index in [0.717, 1.165) is 0 Å². The first-order valence-electron chi connectivity index (χ1n) is 26.7. The van der Waals surface area contributed by atoms with Crippen LogP contribution in [-0.4, -0.2) is 493 Å². The zero-order valence-corrected chi connectivity index (χ0v) is 60.7. The van der Waals surface area contributed by atoms with E-state index in [1.165, 1.54) is 0 Å². The molecule has 0 aliphatic carbocycles. The Labute approximate surface area is 670 Å². The summed E-state index contributed by atoms with van der Waals surface area (Å²) in [7, 11) is 0. The maximum atomic E-state index is 11.1. The van der Waals surface area contributed by atoms with Crippen LogP contribution in [0.3, 0.4) is 0 Å². The zero-order valence-electron chi connectivity index (χ0n) is 49.5. The van der Waals surface area contributed by atoms with E-state index in [1.807, 2.05) is 0 Å². The average Bonchev–Trinajstić information content (AvgIpc) is 3.35. The molecule has 3 aliphatic rings. The summed E-state index contributed by atoms with van der Waals surface area (Å²) in [5.74, 6) is -12.8. The summed E-state index contributed by atoms with van der Waals surface area (Å²) in [6.07, 6.45) is 0. The maximum absolute atomic E-state index is 11.1. The van der Waals surface area contributed by atoms with Gasteiger partial charge in [-0.1, -0.05) is 0 Å². The van der Waals surface area contributed by atoms with Crippen LogP contribution in [0, 0.1) is 120 Å². The van der Waals surface area contributed by atoms with Crippen LogP contribution in [0.1, 0.15) is 0 Å². The predicted molar refractivity (Wildman–Crippen MR) is 295 cm³/mol. The first-order valence-corrected chi connectivity index (χ1v) is 26.7. The second-order valence-electron chi connectivity index (χ2n) is 20.0. The van der Waals surface area contributed by atoms with E-state index in [4.69, 9.17) is 51.1 Å². The van der Waals surface area contributed by atoms with Crippen molar-refractivity contribution in [3.63, 3.8) is 0 Å². The summed E-state index contributed by atoms with van der Waals surface area (Å²) < 4.78 is 0. The van der Waals surface area contributed by atoms with Gasteiger partial charge in [-0.3, -0.25) is 107 Å². The maximum Gasteiger partial charge on any atom is 3.00 e. The van der Waals surface area contributed by atoms with E-state index in [2.05, 4.69) is 0 Å². The minimum atomic E-state index is -1.28. The second-order valence-corrected chi connectivity index (χ2v) is 20.0. The minimum Gasteiger partial charge on any atom is -0.549 e. The fourth-order valence-electron chi connectivity index (χ4n) is 8.91. The Morgan fingerprint density at radius 1 is 0.202 bits per heavy atom. The van der Waals surface area contributed by atoms with Gasteiger partial charge in [-0.25, -0.2) is 0 Å². The molecule has 0 bridgehead atoms. The Hall–Kier alpha value is -0.346. The molecule has 3 rings (SSSR count). The van der Waals surface area contributed by atoms with Crippen molar-refractivity contribution in [1.29, 1.82) is 0 Å². The van der Waals surface area contributed by atoms with Crippen molar-refractivity contribution in [2.24, 2.45) is 0 Å². The van der Waals surface area contributed by atoms with Gasteiger partial charge in [-0.15, -0.1) is 0 Å². The number of carbonyl (C=O) groups is 12. The van der Waals surface area contributed by atoms with Gasteiger partial charge in [0.1, 0.15) is 0 Å². The number of carbonyl (C=O) groups excluding carboxylic acids is 2. The van der Waals surface area contributed by atoms with Crippen LogP contribution < -0.4 is 10.2 Å². The van der Waals surface area contributed by atoms with Gasteiger partial charge in [-0.05, 0) is 0 Å². The van der Waals surface area contributed by atoms with Gasteiger partial charge >= 0.3 is 215 Å². The number of nitrogens with zero attached hydrogens (tertiary/aromatic N) is 12. The van der Waals surface area contributed by atoms with Crippen molar-refractivity contribution in [3.8, 4) is 0 Å². The molecule has 3 saturated heterocycles. The molecule has 36 nitrogen and oxygen atoms in total. The normalized spacial score (nSPS) is 18.3. The Morgan fingerprint density at radius 3 is 0.326 bits per heavy atom. The molecule has 0 amide bonds. The summed E-state index contributed by atoms with van der Waals surface area (Å²) >= 11 is 0. The van der Waals surface area contributed by atoms with Gasteiger partial charge in [0.15, 0.2) is 0 Å². The monoisotopic (exact) mass is 1760 g/mol. The molecule has 3 aliphatic heterocycles. The minimum absolute atomic E-state index is 0. The molecular weight excluding hydrogens is 1680 g/mol. The van der Waals surface area contributed by atoms with Crippen molar-refractivity contribution in [2.75, 3.05) is 236 Å². The zero-order chi connectivity index (χ0) is 63.3. The first-order chi connectivity index (χ1) is 39.5. The molecular formula is C48H82Ca2Gd3N12O24+8. The molecule has 3 heterocycles. The quantitative estimate of drug-likeness (QED) is 0.0401. The van der Waals surface area contributed by atoms with E-state index in [-0.39, 0.29) is 326 Å². The summed E-state index contributed by atoms with van der Waals surface area (Å²) in [5, 5.41) is 113. The van der Waals surface area contributed by atoms with Gasteiger partial charge in [-0.2, -0.15) is 0 Å². The van der Waals surface area contributed by atoms with Gasteiger partial charge in [0.25, 0.3) is 0 Å². The van der Waals surface area contributed by atoms with Gasteiger partial charge in [0.2, 0.25) is 0 Å². The molecule has 0 aromatic carbocycles. The number of aliphatic carboxylic acids is 12. The largest absolute Gasteiger partial charge is 3.00 e. The SMILES string of the molecule is O=C(O)CN1CCN(CC(=O)O)CCN(CC(=O)O)CCN(CC(=O)O)CC1.O=C(O)CN1CCN(CC(=O)O)CCN(CC(=O)O)CCN(CC(=O)O)CC1.O=C([O-])CN1CCN(CC(=O)[O-])CCN(CC(=O)O)CCN(CC(=O)O)CC1.[Ca+2].[Ca+2].[Gd+3].[Gd+3].[Gd]. The Balaban J connectivity index is -0.000000386. The summed E-state index contributed by atoms with van der Waals surface area (Å²) in [6, 6.07) is 0. The molecule has 10 N–H and O–H groups in total. The molecule has 3 fully saturated rings. The van der Waals surface area contributed by atoms with Crippen LogP contribution in [0.4, 0.5) is 0 Å². The molecule has 0 saturated carbocycles. The fraction of sp³-hybridized carbons (Fsp3) is 0.750. The third-order valence-electron chi connectivity index (χ3n) is 13.1. The molecule has 0 aromatic rings. The van der Waals surface area contributed by atoms with Crippen LogP contribution >= 0.6 is 0 Å². The van der Waals surface area contributed by atoms with Crippen LogP contribution in [0.2, 0.25) is 0 Å². The Morgan fingerprint density at radius 2 is 0.270 bits per heavy atom. The van der Waals surface area contributed by atoms with E-state index in [1.54, 1.807) is 58.8 Å². The van der Waals surface area contributed by atoms with E-state index in [0.29, 0.717) is 105 Å². The van der Waals surface area contributed by atoms with Gasteiger partial charge in [0.05, 0.1) is 77.4 Å². The number of hydrogen-bond donors (Lipinski definition) is 10. The van der Waals surface area contributed by atoms with E-state index >= 15 is 0 Å². The van der Waals surface area contributed by atoms with Crippen LogP contribution in [0.5, 0.6) is 0 Å². The van der Waals surface area contributed by atoms with Gasteiger partial charge < -0.3 is 70.9 Å². The molecule has 41 heteroatoms. The predicted octanol–water partition coefficient (Wildman–Crippen LogP) is -10.8. The molecule has 89 heavy (non-hydrogen) atoms. The number of rotatable bonds is 24. The third kappa shape index (κ3) is 55.5. The Kier molecular flexibility index (Phi) is 62.1. The van der Waals surface area contributed by atoms with E-state index in [9.17, 15) is 67.7 Å². The molecule has 0 spiro atoms. The van der Waals surface area contributed by atoms with Crippen molar-refractivity contribution in [2.45, 2.75) is 0 Å². The standard InChI is InChI=1S/3C16H28N4O8.2Ca.3Gd/c3*21-13(22)9-17-1-2-18(10-14(23)24)5-6-20(12-16(27)28)8-7-19(4-3-17)11-15(25)26;;;;;/h3*1-12H2,(H,21,22)(H,23,24)(H,25,26)(H,27,28);;;;;/q;;;2*+2;;2*+3/p-2.